The van der Waals surface area contributed by atoms with Crippen LogP contribution in [0.1, 0.15) is 18.2 Å². The van der Waals surface area contributed by atoms with E-state index in [1.54, 1.807) is 22.7 Å². The normalized spacial score (nSPS) is 10.7. The van der Waals surface area contributed by atoms with Crippen molar-refractivity contribution >= 4 is 34.3 Å². The fraction of sp³-hybridized carbons (Fsp3) is 0.300. The molecule has 1 amide bonds. The van der Waals surface area contributed by atoms with Gasteiger partial charge in [0.15, 0.2) is 0 Å². The topological polar surface area (TPSA) is 36.4 Å². The van der Waals surface area contributed by atoms with Crippen LogP contribution < -0.4 is 4.90 Å². The molecule has 0 saturated carbocycles. The van der Waals surface area contributed by atoms with E-state index in [9.17, 15) is 4.79 Å². The highest BCUT2D eigenvalue weighted by atomic mass is 32.1. The van der Waals surface area contributed by atoms with Gasteiger partial charge in [0.25, 0.3) is 0 Å². The van der Waals surface area contributed by atoms with Gasteiger partial charge < -0.3 is 9.80 Å². The van der Waals surface area contributed by atoms with Crippen LogP contribution >= 0.6 is 22.7 Å². The first kappa shape index (κ1) is 18.6. The standard InChI is InChI=1S/C20H23N3OS2/c1-4-23(12-15-5-7-18(8-6-15)22(2)3)19(24)11-17-14-26-20(21-17)16-9-10-25-13-16/h5-10,13-14H,4,11-12H2,1-3H3. The molecule has 0 fully saturated rings. The SMILES string of the molecule is CCN(Cc1ccc(N(C)C)cc1)C(=O)Cc1csc(-c2ccsc2)n1. The van der Waals surface area contributed by atoms with Crippen LogP contribution in [0, 0.1) is 0 Å². The predicted molar refractivity (Wildman–Crippen MR) is 111 cm³/mol. The third-order valence-corrected chi connectivity index (χ3v) is 5.84. The molecule has 2 aromatic heterocycles. The molecule has 0 aliphatic heterocycles. The van der Waals surface area contributed by atoms with Crippen LogP contribution in [0.15, 0.2) is 46.5 Å². The number of thiophene rings is 1. The minimum Gasteiger partial charge on any atom is -0.378 e. The Morgan fingerprint density at radius 1 is 1.12 bits per heavy atom. The number of nitrogens with zero attached hydrogens (tertiary/aromatic N) is 3. The number of anilines is 1. The van der Waals surface area contributed by atoms with E-state index in [1.807, 2.05) is 36.7 Å². The van der Waals surface area contributed by atoms with E-state index in [2.05, 4.69) is 45.6 Å². The second-order valence-electron chi connectivity index (χ2n) is 6.30. The van der Waals surface area contributed by atoms with Gasteiger partial charge in [0.1, 0.15) is 5.01 Å². The minimum atomic E-state index is 0.117. The van der Waals surface area contributed by atoms with Gasteiger partial charge >= 0.3 is 0 Å². The fourth-order valence-electron chi connectivity index (χ4n) is 2.67. The second-order valence-corrected chi connectivity index (χ2v) is 7.94. The van der Waals surface area contributed by atoms with E-state index in [-0.39, 0.29) is 5.91 Å². The maximum absolute atomic E-state index is 12.7. The molecule has 136 valence electrons. The van der Waals surface area contributed by atoms with Crippen molar-refractivity contribution in [2.75, 3.05) is 25.5 Å². The number of likely N-dealkylation sites (N-methyl/N-ethyl adjacent to an activating group) is 1. The summed E-state index contributed by atoms with van der Waals surface area (Å²) in [6, 6.07) is 10.4. The molecular weight excluding hydrogens is 362 g/mol. The van der Waals surface area contributed by atoms with Crippen LogP contribution in [-0.2, 0) is 17.8 Å². The highest BCUT2D eigenvalue weighted by Crippen LogP contribution is 2.26. The van der Waals surface area contributed by atoms with Gasteiger partial charge in [-0.15, -0.1) is 11.3 Å². The number of hydrogen-bond donors (Lipinski definition) is 0. The number of rotatable bonds is 7. The monoisotopic (exact) mass is 385 g/mol. The summed E-state index contributed by atoms with van der Waals surface area (Å²) in [6.07, 6.45) is 0.351. The summed E-state index contributed by atoms with van der Waals surface area (Å²) >= 11 is 3.26. The Hall–Kier alpha value is -2.18. The molecule has 0 atom stereocenters. The average molecular weight is 386 g/mol. The second kappa shape index (κ2) is 8.47. The molecule has 0 N–H and O–H groups in total. The zero-order chi connectivity index (χ0) is 18.5. The van der Waals surface area contributed by atoms with Crippen LogP contribution in [0.25, 0.3) is 10.6 Å². The van der Waals surface area contributed by atoms with Crippen molar-refractivity contribution in [2.45, 2.75) is 19.9 Å². The summed E-state index contributed by atoms with van der Waals surface area (Å²) in [5.41, 5.74) is 4.28. The third-order valence-electron chi connectivity index (χ3n) is 4.21. The summed E-state index contributed by atoms with van der Waals surface area (Å²) < 4.78 is 0. The molecule has 0 spiro atoms. The molecule has 0 aliphatic carbocycles. The number of carbonyl (C=O) groups is 1. The van der Waals surface area contributed by atoms with E-state index in [1.165, 1.54) is 0 Å². The Morgan fingerprint density at radius 2 is 1.88 bits per heavy atom. The van der Waals surface area contributed by atoms with Crippen molar-refractivity contribution in [3.05, 3.63) is 57.7 Å². The van der Waals surface area contributed by atoms with Crippen molar-refractivity contribution in [2.24, 2.45) is 0 Å². The molecule has 0 saturated heterocycles. The number of aromatic nitrogens is 1. The zero-order valence-corrected chi connectivity index (χ0v) is 16.9. The Kier molecular flexibility index (Phi) is 6.06. The highest BCUT2D eigenvalue weighted by molar-refractivity contribution is 7.14. The van der Waals surface area contributed by atoms with Gasteiger partial charge in [-0.05, 0) is 36.1 Å². The van der Waals surface area contributed by atoms with E-state index in [0.29, 0.717) is 19.5 Å². The molecule has 2 heterocycles. The predicted octanol–water partition coefficient (Wildman–Crippen LogP) is 4.53. The summed E-state index contributed by atoms with van der Waals surface area (Å²) in [4.78, 5) is 21.3. The first-order valence-corrected chi connectivity index (χ1v) is 10.4. The molecule has 0 radical (unpaired) electrons. The summed E-state index contributed by atoms with van der Waals surface area (Å²) in [6.45, 7) is 3.34. The first-order valence-electron chi connectivity index (χ1n) is 8.58. The number of hydrogen-bond acceptors (Lipinski definition) is 5. The lowest BCUT2D eigenvalue weighted by Crippen LogP contribution is -2.31. The fourth-order valence-corrected chi connectivity index (χ4v) is 4.20. The number of carbonyl (C=O) groups excluding carboxylic acids is 1. The van der Waals surface area contributed by atoms with Gasteiger partial charge in [-0.25, -0.2) is 4.98 Å². The molecule has 3 aromatic rings. The van der Waals surface area contributed by atoms with Crippen LogP contribution in [-0.4, -0.2) is 36.4 Å². The van der Waals surface area contributed by atoms with Crippen molar-refractivity contribution in [1.82, 2.24) is 9.88 Å². The Bertz CT molecular complexity index is 838. The van der Waals surface area contributed by atoms with Gasteiger partial charge in [-0.3, -0.25) is 4.79 Å². The molecule has 1 aromatic carbocycles. The van der Waals surface area contributed by atoms with E-state index >= 15 is 0 Å². The molecule has 0 aliphatic rings. The summed E-state index contributed by atoms with van der Waals surface area (Å²) in [5, 5.41) is 7.10. The van der Waals surface area contributed by atoms with E-state index in [4.69, 9.17) is 0 Å². The Morgan fingerprint density at radius 3 is 2.50 bits per heavy atom. The molecule has 3 rings (SSSR count). The van der Waals surface area contributed by atoms with E-state index < -0.39 is 0 Å². The van der Waals surface area contributed by atoms with Crippen molar-refractivity contribution in [3.8, 4) is 10.6 Å². The quantitative estimate of drug-likeness (QED) is 0.600. The molecule has 4 nitrogen and oxygen atoms in total. The summed E-state index contributed by atoms with van der Waals surface area (Å²) in [7, 11) is 4.05. The van der Waals surface area contributed by atoms with E-state index in [0.717, 1.165) is 27.5 Å². The average Bonchev–Trinajstić information content (AvgIpc) is 3.31. The van der Waals surface area contributed by atoms with Gasteiger partial charge in [0, 0.05) is 49.2 Å². The first-order chi connectivity index (χ1) is 12.6. The lowest BCUT2D eigenvalue weighted by Gasteiger charge is -2.21. The maximum atomic E-state index is 12.7. The lowest BCUT2D eigenvalue weighted by molar-refractivity contribution is -0.130. The third kappa shape index (κ3) is 4.51. The molecular formula is C20H23N3OS2. The molecule has 26 heavy (non-hydrogen) atoms. The Labute approximate surface area is 162 Å². The van der Waals surface area contributed by atoms with Crippen molar-refractivity contribution in [1.29, 1.82) is 0 Å². The van der Waals surface area contributed by atoms with Gasteiger partial charge in [-0.1, -0.05) is 12.1 Å². The molecule has 0 bridgehead atoms. The van der Waals surface area contributed by atoms with Gasteiger partial charge in [0.2, 0.25) is 5.91 Å². The smallest absolute Gasteiger partial charge is 0.228 e. The molecule has 0 unspecified atom stereocenters. The number of thiazole rings is 1. The van der Waals surface area contributed by atoms with Crippen LogP contribution in [0.2, 0.25) is 0 Å². The largest absolute Gasteiger partial charge is 0.378 e. The molecule has 6 heteroatoms. The van der Waals surface area contributed by atoms with Gasteiger partial charge in [0.05, 0.1) is 12.1 Å². The number of benzene rings is 1. The van der Waals surface area contributed by atoms with Crippen LogP contribution in [0.4, 0.5) is 5.69 Å². The number of amides is 1. The Balaban J connectivity index is 1.63. The summed E-state index contributed by atoms with van der Waals surface area (Å²) in [5.74, 6) is 0.117. The van der Waals surface area contributed by atoms with Crippen LogP contribution in [0.3, 0.4) is 0 Å². The minimum absolute atomic E-state index is 0.117. The lowest BCUT2D eigenvalue weighted by atomic mass is 10.1. The van der Waals surface area contributed by atoms with Crippen molar-refractivity contribution in [3.63, 3.8) is 0 Å². The maximum Gasteiger partial charge on any atom is 0.228 e. The highest BCUT2D eigenvalue weighted by Gasteiger charge is 2.15. The zero-order valence-electron chi connectivity index (χ0n) is 15.3. The van der Waals surface area contributed by atoms with Crippen LogP contribution in [0.5, 0.6) is 0 Å². The van der Waals surface area contributed by atoms with Crippen molar-refractivity contribution < 1.29 is 4.79 Å². The van der Waals surface area contributed by atoms with Gasteiger partial charge in [-0.2, -0.15) is 11.3 Å².